The fraction of sp³-hybridized carbons (Fsp3) is 0.143. The number of aryl methyl sites for hydroxylation is 1. The average molecular weight is 268 g/mol. The Labute approximate surface area is 109 Å². The van der Waals surface area contributed by atoms with E-state index in [4.69, 9.17) is 17.3 Å². The van der Waals surface area contributed by atoms with Gasteiger partial charge in [0.05, 0.1) is 0 Å². The van der Waals surface area contributed by atoms with E-state index in [1.54, 1.807) is 25.1 Å². The third-order valence-electron chi connectivity index (χ3n) is 2.81. The smallest absolute Gasteiger partial charge is 0.134 e. The van der Waals surface area contributed by atoms with E-state index in [1.807, 2.05) is 0 Å². The highest BCUT2D eigenvalue weighted by Crippen LogP contribution is 2.32. The normalized spacial score (nSPS) is 10.7. The van der Waals surface area contributed by atoms with Crippen LogP contribution in [-0.4, -0.2) is 0 Å². The van der Waals surface area contributed by atoms with Gasteiger partial charge in [-0.1, -0.05) is 23.7 Å². The Morgan fingerprint density at radius 3 is 2.39 bits per heavy atom. The molecule has 4 heteroatoms. The largest absolute Gasteiger partial charge is 0.326 e. The van der Waals surface area contributed by atoms with Crippen LogP contribution in [0.15, 0.2) is 30.3 Å². The highest BCUT2D eigenvalue weighted by molar-refractivity contribution is 6.33. The molecule has 2 rings (SSSR count). The maximum absolute atomic E-state index is 13.8. The Balaban J connectivity index is 2.58. The molecule has 0 atom stereocenters. The summed E-state index contributed by atoms with van der Waals surface area (Å²) in [6, 6.07) is 7.49. The lowest BCUT2D eigenvalue weighted by Gasteiger charge is -2.09. The molecule has 2 aromatic rings. The summed E-state index contributed by atoms with van der Waals surface area (Å²) < 4.78 is 27.0. The molecule has 0 unspecified atom stereocenters. The minimum Gasteiger partial charge on any atom is -0.326 e. The molecule has 0 bridgehead atoms. The van der Waals surface area contributed by atoms with Gasteiger partial charge in [0.15, 0.2) is 0 Å². The molecule has 1 nitrogen and oxygen atoms in total. The van der Waals surface area contributed by atoms with E-state index < -0.39 is 11.6 Å². The van der Waals surface area contributed by atoms with Gasteiger partial charge in [0.1, 0.15) is 11.6 Å². The van der Waals surface area contributed by atoms with Gasteiger partial charge in [0.2, 0.25) is 0 Å². The lowest BCUT2D eigenvalue weighted by atomic mass is 10.0. The molecular formula is C14H12ClF2N. The summed E-state index contributed by atoms with van der Waals surface area (Å²) in [6.45, 7) is 1.95. The van der Waals surface area contributed by atoms with Crippen molar-refractivity contribution >= 4 is 11.6 Å². The van der Waals surface area contributed by atoms with E-state index in [-0.39, 0.29) is 0 Å². The molecule has 0 saturated carbocycles. The van der Waals surface area contributed by atoms with Crippen LogP contribution in [0, 0.1) is 18.6 Å². The van der Waals surface area contributed by atoms with E-state index in [2.05, 4.69) is 0 Å². The monoisotopic (exact) mass is 267 g/mol. The SMILES string of the molecule is Cc1cc(-c2ccc(CN)cc2Cl)c(F)cc1F. The van der Waals surface area contributed by atoms with Crippen LogP contribution in [0.4, 0.5) is 8.78 Å². The first-order chi connectivity index (χ1) is 8.52. The van der Waals surface area contributed by atoms with E-state index in [9.17, 15) is 8.78 Å². The second kappa shape index (κ2) is 5.04. The lowest BCUT2D eigenvalue weighted by Crippen LogP contribution is -1.97. The molecule has 0 aliphatic rings. The van der Waals surface area contributed by atoms with Crippen LogP contribution in [0.1, 0.15) is 11.1 Å². The third kappa shape index (κ3) is 2.37. The molecule has 0 aliphatic heterocycles. The van der Waals surface area contributed by atoms with Crippen LogP contribution < -0.4 is 5.73 Å². The second-order valence-electron chi connectivity index (χ2n) is 4.10. The minimum absolute atomic E-state index is 0.294. The van der Waals surface area contributed by atoms with Crippen molar-refractivity contribution in [3.8, 4) is 11.1 Å². The van der Waals surface area contributed by atoms with Crippen molar-refractivity contribution in [3.63, 3.8) is 0 Å². The molecule has 2 aromatic carbocycles. The van der Waals surface area contributed by atoms with Gasteiger partial charge in [-0.15, -0.1) is 0 Å². The van der Waals surface area contributed by atoms with Crippen molar-refractivity contribution in [2.75, 3.05) is 0 Å². The molecule has 0 saturated heterocycles. The summed E-state index contributed by atoms with van der Waals surface area (Å²) in [6.07, 6.45) is 0. The number of benzene rings is 2. The number of nitrogens with two attached hydrogens (primary N) is 1. The number of hydrogen-bond donors (Lipinski definition) is 1. The molecule has 0 amide bonds. The predicted octanol–water partition coefficient (Wildman–Crippen LogP) is 4.05. The minimum atomic E-state index is -0.625. The fourth-order valence-corrected chi connectivity index (χ4v) is 2.07. The van der Waals surface area contributed by atoms with Gasteiger partial charge in [-0.3, -0.25) is 0 Å². The van der Waals surface area contributed by atoms with Gasteiger partial charge in [-0.25, -0.2) is 8.78 Å². The van der Waals surface area contributed by atoms with Crippen LogP contribution in [0.3, 0.4) is 0 Å². The summed E-state index contributed by atoms with van der Waals surface area (Å²) in [4.78, 5) is 0. The van der Waals surface area contributed by atoms with Crippen LogP contribution in [-0.2, 0) is 6.54 Å². The van der Waals surface area contributed by atoms with Crippen LogP contribution in [0.5, 0.6) is 0 Å². The first-order valence-electron chi connectivity index (χ1n) is 5.47. The molecule has 2 N–H and O–H groups in total. The molecule has 0 spiro atoms. The first kappa shape index (κ1) is 13.0. The topological polar surface area (TPSA) is 26.0 Å². The molecule has 0 heterocycles. The van der Waals surface area contributed by atoms with Gasteiger partial charge >= 0.3 is 0 Å². The summed E-state index contributed by atoms with van der Waals surface area (Å²) in [7, 11) is 0. The summed E-state index contributed by atoms with van der Waals surface area (Å²) >= 11 is 6.09. The summed E-state index contributed by atoms with van der Waals surface area (Å²) in [5.74, 6) is -1.19. The quantitative estimate of drug-likeness (QED) is 0.873. The van der Waals surface area contributed by atoms with Gasteiger partial charge in [0.25, 0.3) is 0 Å². The number of hydrogen-bond acceptors (Lipinski definition) is 1. The molecule has 0 fully saturated rings. The average Bonchev–Trinajstić information content (AvgIpc) is 2.34. The Bertz CT molecular complexity index is 597. The van der Waals surface area contributed by atoms with Crippen LogP contribution in [0.2, 0.25) is 5.02 Å². The molecule has 0 aliphatic carbocycles. The van der Waals surface area contributed by atoms with Gasteiger partial charge in [-0.2, -0.15) is 0 Å². The molecule has 0 aromatic heterocycles. The van der Waals surface area contributed by atoms with Gasteiger partial charge < -0.3 is 5.73 Å². The van der Waals surface area contributed by atoms with Crippen molar-refractivity contribution in [2.24, 2.45) is 5.73 Å². The van der Waals surface area contributed by atoms with E-state index in [0.29, 0.717) is 28.3 Å². The molecule has 94 valence electrons. The Morgan fingerprint density at radius 1 is 1.06 bits per heavy atom. The standard InChI is InChI=1S/C14H12ClF2N/c1-8-4-11(14(17)6-13(8)16)10-3-2-9(7-18)5-12(10)15/h2-6H,7,18H2,1H3. The highest BCUT2D eigenvalue weighted by atomic mass is 35.5. The fourth-order valence-electron chi connectivity index (χ4n) is 1.77. The summed E-state index contributed by atoms with van der Waals surface area (Å²) in [5.41, 5.74) is 7.57. The number of rotatable bonds is 2. The van der Waals surface area contributed by atoms with Crippen molar-refractivity contribution in [2.45, 2.75) is 13.5 Å². The maximum Gasteiger partial charge on any atom is 0.134 e. The third-order valence-corrected chi connectivity index (χ3v) is 3.12. The molecule has 0 radical (unpaired) electrons. The first-order valence-corrected chi connectivity index (χ1v) is 5.85. The van der Waals surface area contributed by atoms with Crippen LogP contribution >= 0.6 is 11.6 Å². The zero-order chi connectivity index (χ0) is 13.3. The van der Waals surface area contributed by atoms with E-state index in [0.717, 1.165) is 11.6 Å². The van der Waals surface area contributed by atoms with Gasteiger partial charge in [-0.05, 0) is 30.2 Å². The summed E-state index contributed by atoms with van der Waals surface area (Å²) in [5, 5.41) is 0.405. The maximum atomic E-state index is 13.8. The van der Waals surface area contributed by atoms with E-state index >= 15 is 0 Å². The second-order valence-corrected chi connectivity index (χ2v) is 4.51. The Morgan fingerprint density at radius 2 is 1.78 bits per heavy atom. The van der Waals surface area contributed by atoms with E-state index in [1.165, 1.54) is 6.07 Å². The Kier molecular flexibility index (Phi) is 3.64. The van der Waals surface area contributed by atoms with Crippen molar-refractivity contribution in [1.29, 1.82) is 0 Å². The number of halogens is 3. The Hall–Kier alpha value is -1.45. The molecular weight excluding hydrogens is 256 g/mol. The predicted molar refractivity (Wildman–Crippen MR) is 69.4 cm³/mol. The van der Waals surface area contributed by atoms with Crippen molar-refractivity contribution < 1.29 is 8.78 Å². The highest BCUT2D eigenvalue weighted by Gasteiger charge is 2.12. The van der Waals surface area contributed by atoms with Crippen molar-refractivity contribution in [1.82, 2.24) is 0 Å². The zero-order valence-electron chi connectivity index (χ0n) is 9.81. The van der Waals surface area contributed by atoms with Crippen LogP contribution in [0.25, 0.3) is 11.1 Å². The lowest BCUT2D eigenvalue weighted by molar-refractivity contribution is 0.579. The zero-order valence-corrected chi connectivity index (χ0v) is 10.6. The van der Waals surface area contributed by atoms with Crippen molar-refractivity contribution in [3.05, 3.63) is 58.1 Å². The van der Waals surface area contributed by atoms with Gasteiger partial charge in [0, 0.05) is 28.8 Å². The molecule has 18 heavy (non-hydrogen) atoms.